The molecule has 0 bridgehead atoms. The fourth-order valence-electron chi connectivity index (χ4n) is 1.71. The molecular formula is C13H16IN5. The largest absolute Gasteiger partial charge is 0.369 e. The highest BCUT2D eigenvalue weighted by molar-refractivity contribution is 14.1. The molecule has 2 aromatic rings. The van der Waals surface area contributed by atoms with E-state index < -0.39 is 0 Å². The van der Waals surface area contributed by atoms with Crippen LogP contribution >= 0.6 is 22.6 Å². The summed E-state index contributed by atoms with van der Waals surface area (Å²) in [6.07, 6.45) is 2.60. The SMILES string of the molecule is CCNc1nc(-c2ccnc(C)n2)nc(CC)c1I. The van der Waals surface area contributed by atoms with Gasteiger partial charge in [0.25, 0.3) is 0 Å². The van der Waals surface area contributed by atoms with E-state index in [1.165, 1.54) is 0 Å². The second kappa shape index (κ2) is 6.23. The Morgan fingerprint density at radius 2 is 2.00 bits per heavy atom. The molecule has 5 nitrogen and oxygen atoms in total. The smallest absolute Gasteiger partial charge is 0.180 e. The zero-order valence-corrected chi connectivity index (χ0v) is 13.4. The second-order valence-corrected chi connectivity index (χ2v) is 5.11. The molecule has 0 radical (unpaired) electrons. The Balaban J connectivity index is 2.54. The van der Waals surface area contributed by atoms with Gasteiger partial charge >= 0.3 is 0 Å². The third-order valence-electron chi connectivity index (χ3n) is 2.60. The van der Waals surface area contributed by atoms with Crippen LogP contribution in [0.4, 0.5) is 5.82 Å². The van der Waals surface area contributed by atoms with Gasteiger partial charge in [-0.15, -0.1) is 0 Å². The van der Waals surface area contributed by atoms with E-state index in [-0.39, 0.29) is 0 Å². The van der Waals surface area contributed by atoms with Crippen molar-refractivity contribution in [1.82, 2.24) is 19.9 Å². The van der Waals surface area contributed by atoms with Gasteiger partial charge < -0.3 is 5.32 Å². The van der Waals surface area contributed by atoms with Crippen molar-refractivity contribution in [2.75, 3.05) is 11.9 Å². The summed E-state index contributed by atoms with van der Waals surface area (Å²) in [4.78, 5) is 17.6. The van der Waals surface area contributed by atoms with E-state index in [0.29, 0.717) is 5.82 Å². The maximum absolute atomic E-state index is 4.60. The van der Waals surface area contributed by atoms with E-state index in [1.54, 1.807) is 6.20 Å². The molecule has 0 fully saturated rings. The molecule has 100 valence electrons. The number of hydrogen-bond acceptors (Lipinski definition) is 5. The molecule has 2 aromatic heterocycles. The molecule has 1 N–H and O–H groups in total. The second-order valence-electron chi connectivity index (χ2n) is 4.03. The van der Waals surface area contributed by atoms with Crippen LogP contribution < -0.4 is 5.32 Å². The first-order valence-corrected chi connectivity index (χ1v) is 7.33. The Hall–Kier alpha value is -1.31. The van der Waals surface area contributed by atoms with Crippen LogP contribution in [-0.2, 0) is 6.42 Å². The fraction of sp³-hybridized carbons (Fsp3) is 0.385. The first-order valence-electron chi connectivity index (χ1n) is 6.26. The van der Waals surface area contributed by atoms with Crippen molar-refractivity contribution < 1.29 is 0 Å². The Bertz CT molecular complexity index is 585. The third-order valence-corrected chi connectivity index (χ3v) is 3.74. The molecule has 0 aliphatic rings. The lowest BCUT2D eigenvalue weighted by Gasteiger charge is -2.11. The summed E-state index contributed by atoms with van der Waals surface area (Å²) in [6, 6.07) is 1.84. The summed E-state index contributed by atoms with van der Waals surface area (Å²) in [5.74, 6) is 2.25. The summed E-state index contributed by atoms with van der Waals surface area (Å²) in [7, 11) is 0. The molecule has 0 amide bonds. The molecule has 0 aromatic carbocycles. The van der Waals surface area contributed by atoms with Gasteiger partial charge in [-0.3, -0.25) is 0 Å². The lowest BCUT2D eigenvalue weighted by molar-refractivity contribution is 0.965. The average molecular weight is 369 g/mol. The molecule has 0 unspecified atom stereocenters. The fourth-order valence-corrected chi connectivity index (χ4v) is 2.52. The van der Waals surface area contributed by atoms with Gasteiger partial charge in [0.15, 0.2) is 5.82 Å². The van der Waals surface area contributed by atoms with Crippen LogP contribution in [0.25, 0.3) is 11.5 Å². The average Bonchev–Trinajstić information content (AvgIpc) is 2.41. The van der Waals surface area contributed by atoms with Gasteiger partial charge in [0.2, 0.25) is 0 Å². The number of nitrogens with one attached hydrogen (secondary N) is 1. The van der Waals surface area contributed by atoms with Gasteiger partial charge in [0.05, 0.1) is 9.26 Å². The third kappa shape index (κ3) is 3.17. The van der Waals surface area contributed by atoms with Crippen LogP contribution in [0.2, 0.25) is 0 Å². The van der Waals surface area contributed by atoms with Gasteiger partial charge in [0.1, 0.15) is 17.3 Å². The highest BCUT2D eigenvalue weighted by Crippen LogP contribution is 2.23. The van der Waals surface area contributed by atoms with Crippen LogP contribution in [0.1, 0.15) is 25.4 Å². The minimum atomic E-state index is 0.652. The standard InChI is InChI=1S/C13H16IN5/c1-4-9-11(14)13(15-5-2)19-12(18-9)10-6-7-16-8(3)17-10/h6-7H,4-5H2,1-3H3,(H,15,18,19). The topological polar surface area (TPSA) is 63.6 Å². The number of anilines is 1. The highest BCUT2D eigenvalue weighted by atomic mass is 127. The zero-order chi connectivity index (χ0) is 13.8. The maximum atomic E-state index is 4.60. The lowest BCUT2D eigenvalue weighted by atomic mass is 10.3. The molecule has 19 heavy (non-hydrogen) atoms. The van der Waals surface area contributed by atoms with Crippen molar-refractivity contribution in [2.45, 2.75) is 27.2 Å². The predicted octanol–water partition coefficient (Wildman–Crippen LogP) is 2.84. The van der Waals surface area contributed by atoms with Crippen LogP contribution in [0, 0.1) is 10.5 Å². The monoisotopic (exact) mass is 369 g/mol. The molecule has 0 aliphatic heterocycles. The van der Waals surface area contributed by atoms with Crippen LogP contribution in [-0.4, -0.2) is 26.5 Å². The lowest BCUT2D eigenvalue weighted by Crippen LogP contribution is -2.08. The van der Waals surface area contributed by atoms with E-state index in [0.717, 1.165) is 39.6 Å². The first-order chi connectivity index (χ1) is 9.15. The van der Waals surface area contributed by atoms with E-state index in [2.05, 4.69) is 61.7 Å². The molecule has 2 heterocycles. The molecular weight excluding hydrogens is 353 g/mol. The number of halogens is 1. The molecule has 0 aliphatic carbocycles. The number of nitrogens with zero attached hydrogens (tertiary/aromatic N) is 4. The van der Waals surface area contributed by atoms with Crippen molar-refractivity contribution in [3.05, 3.63) is 27.4 Å². The molecule has 0 atom stereocenters. The van der Waals surface area contributed by atoms with E-state index in [4.69, 9.17) is 0 Å². The van der Waals surface area contributed by atoms with Gasteiger partial charge in [-0.1, -0.05) is 6.92 Å². The van der Waals surface area contributed by atoms with Crippen molar-refractivity contribution in [3.63, 3.8) is 0 Å². The normalized spacial score (nSPS) is 10.5. The summed E-state index contributed by atoms with van der Waals surface area (Å²) >= 11 is 2.29. The number of rotatable bonds is 4. The first kappa shape index (κ1) is 14.1. The van der Waals surface area contributed by atoms with Crippen LogP contribution in [0.15, 0.2) is 12.3 Å². The summed E-state index contributed by atoms with van der Waals surface area (Å²) in [5.41, 5.74) is 1.80. The Morgan fingerprint density at radius 1 is 1.21 bits per heavy atom. The van der Waals surface area contributed by atoms with Crippen molar-refractivity contribution in [3.8, 4) is 11.5 Å². The number of hydrogen-bond donors (Lipinski definition) is 1. The molecule has 6 heteroatoms. The van der Waals surface area contributed by atoms with Gasteiger partial charge in [-0.25, -0.2) is 19.9 Å². The van der Waals surface area contributed by atoms with Gasteiger partial charge in [-0.05, 0) is 48.9 Å². The summed E-state index contributed by atoms with van der Waals surface area (Å²) in [5, 5.41) is 3.27. The minimum Gasteiger partial charge on any atom is -0.369 e. The highest BCUT2D eigenvalue weighted by Gasteiger charge is 2.12. The summed E-state index contributed by atoms with van der Waals surface area (Å²) in [6.45, 7) is 6.84. The number of aromatic nitrogens is 4. The minimum absolute atomic E-state index is 0.652. The maximum Gasteiger partial charge on any atom is 0.180 e. The van der Waals surface area contributed by atoms with Crippen molar-refractivity contribution in [2.24, 2.45) is 0 Å². The molecule has 0 saturated heterocycles. The quantitative estimate of drug-likeness (QED) is 0.840. The van der Waals surface area contributed by atoms with Crippen molar-refractivity contribution >= 4 is 28.4 Å². The Morgan fingerprint density at radius 3 is 2.63 bits per heavy atom. The molecule has 0 saturated carbocycles. The van der Waals surface area contributed by atoms with E-state index in [9.17, 15) is 0 Å². The van der Waals surface area contributed by atoms with Crippen molar-refractivity contribution in [1.29, 1.82) is 0 Å². The van der Waals surface area contributed by atoms with Gasteiger partial charge in [-0.2, -0.15) is 0 Å². The molecule has 2 rings (SSSR count). The van der Waals surface area contributed by atoms with Crippen LogP contribution in [0.5, 0.6) is 0 Å². The predicted molar refractivity (Wildman–Crippen MR) is 84.1 cm³/mol. The van der Waals surface area contributed by atoms with E-state index >= 15 is 0 Å². The summed E-state index contributed by atoms with van der Waals surface area (Å²) < 4.78 is 1.08. The zero-order valence-electron chi connectivity index (χ0n) is 11.2. The van der Waals surface area contributed by atoms with Crippen LogP contribution in [0.3, 0.4) is 0 Å². The Kier molecular flexibility index (Phi) is 4.62. The molecule has 0 spiro atoms. The Labute approximate surface area is 126 Å². The number of aryl methyl sites for hydroxylation is 2. The van der Waals surface area contributed by atoms with E-state index in [1.807, 2.05) is 13.0 Å². The van der Waals surface area contributed by atoms with Gasteiger partial charge in [0, 0.05) is 12.7 Å².